The molecule has 4 heteroatoms. The van der Waals surface area contributed by atoms with Crippen molar-refractivity contribution in [3.05, 3.63) is 108 Å². The highest BCUT2D eigenvalue weighted by atomic mass is 16.5. The monoisotopic (exact) mass is 507 g/mol. The van der Waals surface area contributed by atoms with Crippen LogP contribution in [-0.2, 0) is 0 Å². The van der Waals surface area contributed by atoms with Crippen LogP contribution in [0.15, 0.2) is 91.0 Å². The molecular formula is C35H30BNO2. The largest absolute Gasteiger partial charge is 0.458 e. The van der Waals surface area contributed by atoms with Gasteiger partial charge >= 0.3 is 0 Å². The topological polar surface area (TPSA) is 23.4 Å². The van der Waals surface area contributed by atoms with E-state index >= 15 is 0 Å². The number of hydrogen-bond acceptors (Lipinski definition) is 2. The van der Waals surface area contributed by atoms with Gasteiger partial charge in [-0.3, -0.25) is 0 Å². The molecule has 0 saturated carbocycles. The van der Waals surface area contributed by atoms with E-state index in [-0.39, 0.29) is 6.71 Å². The lowest BCUT2D eigenvalue weighted by Gasteiger charge is -2.34. The maximum absolute atomic E-state index is 6.67. The van der Waals surface area contributed by atoms with Crippen molar-refractivity contribution in [2.24, 2.45) is 0 Å². The summed E-state index contributed by atoms with van der Waals surface area (Å²) in [6.45, 7) is 10.5. The molecule has 0 saturated heterocycles. The normalized spacial score (nSPS) is 12.6. The second-order valence-corrected chi connectivity index (χ2v) is 10.4. The fraction of sp³-hybridized carbons (Fsp3) is 0.143. The third-order valence-electron chi connectivity index (χ3n) is 8.07. The van der Waals surface area contributed by atoms with Crippen LogP contribution in [0.4, 0.5) is 0 Å². The van der Waals surface area contributed by atoms with Crippen LogP contribution in [0.2, 0.25) is 0 Å². The highest BCUT2D eigenvalue weighted by Gasteiger charge is 2.40. The molecule has 0 fully saturated rings. The van der Waals surface area contributed by atoms with Gasteiger partial charge in [0, 0.05) is 28.4 Å². The van der Waals surface area contributed by atoms with Crippen molar-refractivity contribution in [1.82, 2.24) is 4.57 Å². The number of para-hydroxylation sites is 2. The van der Waals surface area contributed by atoms with Crippen LogP contribution in [0.25, 0.3) is 27.5 Å². The lowest BCUT2D eigenvalue weighted by molar-refractivity contribution is 0.463. The lowest BCUT2D eigenvalue weighted by atomic mass is 9.34. The third kappa shape index (κ3) is 3.44. The number of aryl methyl sites for hydroxylation is 3. The molecule has 0 aliphatic carbocycles. The fourth-order valence-electron chi connectivity index (χ4n) is 6.18. The van der Waals surface area contributed by atoms with Crippen molar-refractivity contribution >= 4 is 44.9 Å². The number of aromatic nitrogens is 1. The van der Waals surface area contributed by atoms with E-state index in [2.05, 4.69) is 116 Å². The maximum atomic E-state index is 6.67. The average Bonchev–Trinajstić information content (AvgIpc) is 3.29. The first kappa shape index (κ1) is 23.7. The predicted molar refractivity (Wildman–Crippen MR) is 164 cm³/mol. The molecule has 0 unspecified atom stereocenters. The van der Waals surface area contributed by atoms with Gasteiger partial charge in [0.1, 0.15) is 23.0 Å². The molecule has 6 aromatic rings. The molecule has 0 radical (unpaired) electrons. The highest BCUT2D eigenvalue weighted by Crippen LogP contribution is 2.39. The van der Waals surface area contributed by atoms with E-state index in [0.29, 0.717) is 0 Å². The van der Waals surface area contributed by atoms with Gasteiger partial charge in [-0.1, -0.05) is 68.4 Å². The first-order valence-corrected chi connectivity index (χ1v) is 13.8. The molecule has 2 aliphatic rings. The summed E-state index contributed by atoms with van der Waals surface area (Å²) in [7, 11) is 0. The van der Waals surface area contributed by atoms with E-state index < -0.39 is 0 Å². The smallest absolute Gasteiger partial charge is 0.260 e. The van der Waals surface area contributed by atoms with Gasteiger partial charge in [0.2, 0.25) is 0 Å². The molecule has 190 valence electrons. The Kier molecular flexibility index (Phi) is 5.35. The van der Waals surface area contributed by atoms with Gasteiger partial charge < -0.3 is 14.0 Å². The molecular weight excluding hydrogens is 477 g/mol. The van der Waals surface area contributed by atoms with Crippen LogP contribution in [0.1, 0.15) is 30.5 Å². The summed E-state index contributed by atoms with van der Waals surface area (Å²) in [4.78, 5) is 0. The molecule has 0 N–H and O–H groups in total. The average molecular weight is 507 g/mol. The summed E-state index contributed by atoms with van der Waals surface area (Å²) < 4.78 is 15.6. The summed E-state index contributed by atoms with van der Waals surface area (Å²) in [5, 5.41) is 2.48. The van der Waals surface area contributed by atoms with Crippen molar-refractivity contribution in [3.63, 3.8) is 0 Å². The minimum Gasteiger partial charge on any atom is -0.458 e. The van der Waals surface area contributed by atoms with E-state index in [9.17, 15) is 0 Å². The van der Waals surface area contributed by atoms with Crippen molar-refractivity contribution in [3.8, 4) is 28.7 Å². The summed E-state index contributed by atoms with van der Waals surface area (Å²) >= 11 is 0. The van der Waals surface area contributed by atoms with E-state index in [1.165, 1.54) is 49.4 Å². The fourth-order valence-corrected chi connectivity index (χ4v) is 6.18. The number of rotatable bonds is 1. The predicted octanol–water partition coefficient (Wildman–Crippen LogP) is 7.46. The standard InChI is InChI=1S/C33H24BNO2.C2H6/c1-19-12-13-25-29(14-19)36-31-17-22(35-27-10-6-4-8-23(27)24-9-5-7-11-28(24)35)18-32-33(31)34(25)26-15-20(2)21(3)16-30(26)37-32;1-2/h4-18H,1-3H3;1-2H3. The molecule has 8 rings (SSSR count). The number of fused-ring (bicyclic) bond motifs is 7. The SMILES string of the molecule is CC.Cc1ccc2c(c1)Oc1cc(-n3c4ccccc4c4ccccc43)cc3c1B2c1cc(C)c(C)cc1O3. The number of nitrogens with zero attached hydrogens (tertiary/aromatic N) is 1. The van der Waals surface area contributed by atoms with Gasteiger partial charge in [0.05, 0.1) is 16.7 Å². The Morgan fingerprint density at radius 1 is 0.564 bits per heavy atom. The van der Waals surface area contributed by atoms with Gasteiger partial charge in [0.15, 0.2) is 0 Å². The number of ether oxygens (including phenoxy) is 2. The third-order valence-corrected chi connectivity index (χ3v) is 8.07. The lowest BCUT2D eigenvalue weighted by Crippen LogP contribution is -2.57. The van der Waals surface area contributed by atoms with E-state index in [0.717, 1.165) is 34.1 Å². The summed E-state index contributed by atoms with van der Waals surface area (Å²) in [5.41, 5.74) is 10.6. The van der Waals surface area contributed by atoms with Gasteiger partial charge in [-0.2, -0.15) is 0 Å². The zero-order valence-electron chi connectivity index (χ0n) is 23.0. The number of benzene rings is 5. The molecule has 3 nitrogen and oxygen atoms in total. The maximum Gasteiger partial charge on any atom is 0.260 e. The van der Waals surface area contributed by atoms with Crippen LogP contribution >= 0.6 is 0 Å². The molecule has 1 aromatic heterocycles. The van der Waals surface area contributed by atoms with Crippen molar-refractivity contribution < 1.29 is 9.47 Å². The van der Waals surface area contributed by atoms with Crippen molar-refractivity contribution in [1.29, 1.82) is 0 Å². The van der Waals surface area contributed by atoms with Crippen molar-refractivity contribution in [2.75, 3.05) is 0 Å². The Morgan fingerprint density at radius 2 is 1.13 bits per heavy atom. The second-order valence-electron chi connectivity index (χ2n) is 10.4. The van der Waals surface area contributed by atoms with Gasteiger partial charge in [-0.05, 0) is 72.7 Å². The van der Waals surface area contributed by atoms with Gasteiger partial charge in [-0.15, -0.1) is 0 Å². The van der Waals surface area contributed by atoms with E-state index in [1.807, 2.05) is 13.8 Å². The first-order valence-electron chi connectivity index (χ1n) is 13.8. The molecule has 0 atom stereocenters. The van der Waals surface area contributed by atoms with E-state index in [1.54, 1.807) is 0 Å². The minimum absolute atomic E-state index is 0.0737. The Morgan fingerprint density at radius 3 is 1.77 bits per heavy atom. The van der Waals surface area contributed by atoms with Crippen molar-refractivity contribution in [2.45, 2.75) is 34.6 Å². The summed E-state index contributed by atoms with van der Waals surface area (Å²) in [6.07, 6.45) is 0. The molecule has 0 spiro atoms. The molecule has 5 aromatic carbocycles. The zero-order chi connectivity index (χ0) is 26.8. The molecule has 2 aliphatic heterocycles. The first-order chi connectivity index (χ1) is 19.1. The Balaban J connectivity index is 0.00000124. The zero-order valence-corrected chi connectivity index (χ0v) is 23.0. The molecule has 0 amide bonds. The van der Waals surface area contributed by atoms with Crippen LogP contribution in [0.3, 0.4) is 0 Å². The van der Waals surface area contributed by atoms with Crippen LogP contribution < -0.4 is 25.9 Å². The van der Waals surface area contributed by atoms with E-state index in [4.69, 9.17) is 9.47 Å². The number of hydrogen-bond donors (Lipinski definition) is 0. The molecule has 0 bridgehead atoms. The Bertz CT molecular complexity index is 1860. The second kappa shape index (κ2) is 8.81. The van der Waals surface area contributed by atoms with Gasteiger partial charge in [0.25, 0.3) is 6.71 Å². The molecule has 3 heterocycles. The summed E-state index contributed by atoms with van der Waals surface area (Å²) in [6, 6.07) is 32.6. The molecule has 39 heavy (non-hydrogen) atoms. The van der Waals surface area contributed by atoms with Crippen LogP contribution in [0.5, 0.6) is 23.0 Å². The Labute approximate surface area is 229 Å². The van der Waals surface area contributed by atoms with Crippen LogP contribution in [0, 0.1) is 20.8 Å². The highest BCUT2D eigenvalue weighted by molar-refractivity contribution is 6.98. The quantitative estimate of drug-likeness (QED) is 0.215. The Hall–Kier alpha value is -4.44. The summed E-state index contributed by atoms with van der Waals surface area (Å²) in [5.74, 6) is 3.58. The van der Waals surface area contributed by atoms with Gasteiger partial charge in [-0.25, -0.2) is 0 Å². The minimum atomic E-state index is 0.0737. The van der Waals surface area contributed by atoms with Crippen LogP contribution in [-0.4, -0.2) is 11.3 Å².